The fourth-order valence-corrected chi connectivity index (χ4v) is 2.10. The zero-order chi connectivity index (χ0) is 16.3. The van der Waals surface area contributed by atoms with Crippen LogP contribution in [0.15, 0.2) is 53.8 Å². The van der Waals surface area contributed by atoms with E-state index in [0.717, 1.165) is 0 Å². The predicted octanol–water partition coefficient (Wildman–Crippen LogP) is 2.91. The molecule has 7 heteroatoms. The van der Waals surface area contributed by atoms with Crippen molar-refractivity contribution in [3.05, 3.63) is 79.6 Å². The molecule has 1 aromatic rings. The number of carbonyl (C=O) groups excluding carboxylic acids is 1. The second-order valence-corrected chi connectivity index (χ2v) is 4.72. The number of hydrogen-bond donors (Lipinski definition) is 0. The van der Waals surface area contributed by atoms with Crippen LogP contribution in [0.3, 0.4) is 0 Å². The topological polar surface area (TPSA) is 103 Å². The number of allylic oxidation sites excluding steroid dienone is 3. The Balaban J connectivity index is 2.50. The third-order valence-electron chi connectivity index (χ3n) is 3.23. The maximum absolute atomic E-state index is 11.3. The molecule has 0 saturated heterocycles. The summed E-state index contributed by atoms with van der Waals surface area (Å²) >= 11 is 0. The summed E-state index contributed by atoms with van der Waals surface area (Å²) < 4.78 is 0. The molecule has 0 aromatic heterocycles. The van der Waals surface area contributed by atoms with Crippen molar-refractivity contribution in [3.63, 3.8) is 0 Å². The molecule has 1 unspecified atom stereocenters. The number of para-hydroxylation sites is 1. The Hall–Kier alpha value is -3.09. The summed E-state index contributed by atoms with van der Waals surface area (Å²) in [5, 5.41) is 22.1. The summed E-state index contributed by atoms with van der Waals surface area (Å²) in [7, 11) is 0. The van der Waals surface area contributed by atoms with E-state index in [4.69, 9.17) is 0 Å². The Bertz CT molecular complexity index is 746. The second kappa shape index (κ2) is 6.13. The van der Waals surface area contributed by atoms with Crippen molar-refractivity contribution in [2.45, 2.75) is 6.92 Å². The van der Waals surface area contributed by atoms with Gasteiger partial charge >= 0.3 is 0 Å². The zero-order valence-electron chi connectivity index (χ0n) is 11.6. The predicted molar refractivity (Wildman–Crippen MR) is 79.5 cm³/mol. The quantitative estimate of drug-likeness (QED) is 0.628. The number of rotatable bonds is 4. The van der Waals surface area contributed by atoms with Gasteiger partial charge in [-0.15, -0.1) is 0 Å². The highest BCUT2D eigenvalue weighted by molar-refractivity contribution is 5.83. The van der Waals surface area contributed by atoms with Crippen LogP contribution in [0.25, 0.3) is 6.08 Å². The number of ketones is 1. The van der Waals surface area contributed by atoms with E-state index in [-0.39, 0.29) is 28.3 Å². The third kappa shape index (κ3) is 3.14. The Morgan fingerprint density at radius 1 is 1.18 bits per heavy atom. The lowest BCUT2D eigenvalue weighted by atomic mass is 9.93. The molecule has 0 N–H and O–H groups in total. The first-order chi connectivity index (χ1) is 10.4. The molecule has 0 spiro atoms. The van der Waals surface area contributed by atoms with E-state index >= 15 is 0 Å². The molecule has 0 bridgehead atoms. The normalized spacial score (nSPS) is 18.9. The summed E-state index contributed by atoms with van der Waals surface area (Å²) in [5.41, 5.74) is 0.110. The minimum atomic E-state index is -0.650. The van der Waals surface area contributed by atoms with Gasteiger partial charge in [0.05, 0.1) is 26.9 Å². The lowest BCUT2D eigenvalue weighted by Gasteiger charge is -2.10. The van der Waals surface area contributed by atoms with Gasteiger partial charge in [-0.2, -0.15) is 0 Å². The first-order valence-corrected chi connectivity index (χ1v) is 6.40. The molecule has 112 valence electrons. The van der Waals surface area contributed by atoms with Crippen LogP contribution in [0.4, 0.5) is 5.69 Å². The second-order valence-electron chi connectivity index (χ2n) is 4.72. The van der Waals surface area contributed by atoms with Gasteiger partial charge in [0.25, 0.3) is 11.4 Å². The summed E-state index contributed by atoms with van der Waals surface area (Å²) in [5.74, 6) is -0.858. The fraction of sp³-hybridized carbons (Fsp3) is 0.133. The molecule has 1 aliphatic rings. The summed E-state index contributed by atoms with van der Waals surface area (Å²) in [6.45, 7) is 1.35. The van der Waals surface area contributed by atoms with Gasteiger partial charge in [-0.1, -0.05) is 24.3 Å². The highest BCUT2D eigenvalue weighted by Crippen LogP contribution is 2.28. The minimum Gasteiger partial charge on any atom is -0.299 e. The lowest BCUT2D eigenvalue weighted by molar-refractivity contribution is -0.420. The van der Waals surface area contributed by atoms with Crippen LogP contribution in [0, 0.1) is 26.1 Å². The lowest BCUT2D eigenvalue weighted by Crippen LogP contribution is -2.13. The first kappa shape index (κ1) is 15.3. The van der Waals surface area contributed by atoms with Gasteiger partial charge in [0.15, 0.2) is 0 Å². The van der Waals surface area contributed by atoms with Crippen molar-refractivity contribution in [2.24, 2.45) is 5.92 Å². The van der Waals surface area contributed by atoms with Crippen molar-refractivity contribution in [1.29, 1.82) is 0 Å². The van der Waals surface area contributed by atoms with Gasteiger partial charge in [-0.05, 0) is 19.1 Å². The van der Waals surface area contributed by atoms with Crippen LogP contribution in [0.2, 0.25) is 0 Å². The molecule has 7 nitrogen and oxygen atoms in total. The van der Waals surface area contributed by atoms with Crippen LogP contribution in [-0.2, 0) is 4.79 Å². The number of nitrogens with zero attached hydrogens (tertiary/aromatic N) is 2. The number of Topliss-reactive ketones (excluding diaryl/α,β-unsaturated/α-hetero) is 1. The molecule has 2 rings (SSSR count). The Morgan fingerprint density at radius 2 is 1.86 bits per heavy atom. The molecule has 0 saturated carbocycles. The van der Waals surface area contributed by atoms with Gasteiger partial charge in [0, 0.05) is 12.1 Å². The van der Waals surface area contributed by atoms with E-state index in [1.165, 1.54) is 49.4 Å². The minimum absolute atomic E-state index is 0.139. The molecule has 1 aromatic carbocycles. The summed E-state index contributed by atoms with van der Waals surface area (Å²) in [6, 6.07) is 5.97. The SMILES string of the molecule is CC(=O)C1C=C/C(=C/c2ccccc2[N+](=O)[O-])C([N+](=O)[O-])=C1. The van der Waals surface area contributed by atoms with Gasteiger partial charge in [0.2, 0.25) is 0 Å². The number of carbonyl (C=O) groups is 1. The van der Waals surface area contributed by atoms with Crippen LogP contribution in [-0.4, -0.2) is 15.6 Å². The van der Waals surface area contributed by atoms with Gasteiger partial charge in [0.1, 0.15) is 5.78 Å². The van der Waals surface area contributed by atoms with E-state index in [0.29, 0.717) is 0 Å². The van der Waals surface area contributed by atoms with Crippen molar-refractivity contribution in [2.75, 3.05) is 0 Å². The number of benzene rings is 1. The van der Waals surface area contributed by atoms with E-state index < -0.39 is 15.8 Å². The Morgan fingerprint density at radius 3 is 2.45 bits per heavy atom. The molecule has 1 aliphatic carbocycles. The molecule has 0 heterocycles. The highest BCUT2D eigenvalue weighted by Gasteiger charge is 2.24. The van der Waals surface area contributed by atoms with Crippen molar-refractivity contribution in [1.82, 2.24) is 0 Å². The maximum Gasteiger partial charge on any atom is 0.276 e. The smallest absolute Gasteiger partial charge is 0.276 e. The summed E-state index contributed by atoms with van der Waals surface area (Å²) in [6.07, 6.45) is 5.61. The first-order valence-electron chi connectivity index (χ1n) is 6.40. The van der Waals surface area contributed by atoms with Gasteiger partial charge < -0.3 is 0 Å². The van der Waals surface area contributed by atoms with Crippen LogP contribution in [0.5, 0.6) is 0 Å². The van der Waals surface area contributed by atoms with Gasteiger partial charge in [-0.3, -0.25) is 25.0 Å². The highest BCUT2D eigenvalue weighted by atomic mass is 16.6. The zero-order valence-corrected chi connectivity index (χ0v) is 11.6. The largest absolute Gasteiger partial charge is 0.299 e. The van der Waals surface area contributed by atoms with E-state index in [2.05, 4.69) is 0 Å². The third-order valence-corrected chi connectivity index (χ3v) is 3.23. The molecule has 0 amide bonds. The average Bonchev–Trinajstić information content (AvgIpc) is 2.47. The van der Waals surface area contributed by atoms with E-state index in [1.807, 2.05) is 0 Å². The summed E-state index contributed by atoms with van der Waals surface area (Å²) in [4.78, 5) is 32.3. The molecular weight excluding hydrogens is 288 g/mol. The van der Waals surface area contributed by atoms with Crippen LogP contribution >= 0.6 is 0 Å². The van der Waals surface area contributed by atoms with Gasteiger partial charge in [-0.25, -0.2) is 0 Å². The average molecular weight is 300 g/mol. The Kier molecular flexibility index (Phi) is 4.26. The molecular formula is C15H12N2O5. The molecule has 0 fully saturated rings. The molecule has 0 aliphatic heterocycles. The molecule has 1 atom stereocenters. The van der Waals surface area contributed by atoms with E-state index in [1.54, 1.807) is 6.07 Å². The monoisotopic (exact) mass is 300 g/mol. The van der Waals surface area contributed by atoms with E-state index in [9.17, 15) is 25.0 Å². The van der Waals surface area contributed by atoms with Crippen molar-refractivity contribution < 1.29 is 14.6 Å². The van der Waals surface area contributed by atoms with Crippen molar-refractivity contribution in [3.8, 4) is 0 Å². The van der Waals surface area contributed by atoms with Crippen LogP contribution in [0.1, 0.15) is 12.5 Å². The number of nitro benzene ring substituents is 1. The van der Waals surface area contributed by atoms with Crippen LogP contribution < -0.4 is 0 Å². The fourth-order valence-electron chi connectivity index (χ4n) is 2.10. The number of nitro groups is 2. The van der Waals surface area contributed by atoms with Crippen molar-refractivity contribution >= 4 is 17.5 Å². The molecule has 0 radical (unpaired) electrons. The molecule has 22 heavy (non-hydrogen) atoms. The maximum atomic E-state index is 11.3. The Labute approximate surface area is 125 Å². The number of hydrogen-bond acceptors (Lipinski definition) is 5. The standard InChI is InChI=1S/C15H12N2O5/c1-10(18)11-6-7-13(15(9-11)17(21)22)8-12-4-2-3-5-14(12)16(19)20/h2-9,11H,1H3/b13-8-.